The molecule has 2 fully saturated rings. The quantitative estimate of drug-likeness (QED) is 0.0489. The third kappa shape index (κ3) is 21.5. The number of amides is 10. The number of benzene rings is 1. The molecule has 464 valence electrons. The Morgan fingerprint density at radius 2 is 1.29 bits per heavy atom. The van der Waals surface area contributed by atoms with E-state index in [2.05, 4.69) is 21.3 Å². The Morgan fingerprint density at radius 1 is 0.747 bits per heavy atom. The number of nitro groups is 1. The summed E-state index contributed by atoms with van der Waals surface area (Å²) >= 11 is 0. The molecule has 0 aliphatic carbocycles. The van der Waals surface area contributed by atoms with E-state index < -0.39 is 144 Å². The standard InChI is InChI=1S/C54H86N12O17/c1-12-34(4)41(62(10)44(69)28-60(8)42(67)25-55)32-81-31-38(59-52(77)82-30-35-19-21-36(22-20-35)66(79)80)50(74)64-23-15-13-17-39(64)47(71)57-27-43(68)61(9)29-45(70)63(11)46(33(2)3)48(72)56-26-37(58-53(78)83-54(5,6)7)49(73)65-24-16-14-18-40(65)51(75)76/h19-22,33-34,37-41,46H,12-18,23-32,55H2,1-11H3,(H,56,72)(H,57,71)(H,58,78)(H,59,77)(H,75,76)/t34-,37+,38+,39-,40-,41-,46-/m0/s1. The molecule has 1 aromatic carbocycles. The Bertz CT molecular complexity index is 2460. The van der Waals surface area contributed by atoms with Crippen molar-refractivity contribution in [3.63, 3.8) is 0 Å². The number of hydrogen-bond donors (Lipinski definition) is 6. The number of carbonyl (C=O) groups excluding carboxylic acids is 10. The maximum absolute atomic E-state index is 14.5. The summed E-state index contributed by atoms with van der Waals surface area (Å²) in [6.45, 7) is 9.01. The molecule has 3 rings (SSSR count). The average Bonchev–Trinajstić information content (AvgIpc) is 3.44. The van der Waals surface area contributed by atoms with E-state index >= 15 is 0 Å². The molecular weight excluding hydrogens is 1090 g/mol. The van der Waals surface area contributed by atoms with Crippen LogP contribution in [0.15, 0.2) is 24.3 Å². The highest BCUT2D eigenvalue weighted by Gasteiger charge is 2.40. The minimum atomic E-state index is -1.46. The number of nitro benzene ring substituents is 1. The molecule has 2 aliphatic rings. The second kappa shape index (κ2) is 32.8. The number of likely N-dealkylation sites (tertiary alicyclic amines) is 2. The van der Waals surface area contributed by atoms with Gasteiger partial charge in [0.05, 0.1) is 50.4 Å². The number of carboxylic acid groups (broad SMARTS) is 1. The highest BCUT2D eigenvalue weighted by atomic mass is 16.6. The van der Waals surface area contributed by atoms with Gasteiger partial charge in [-0.25, -0.2) is 14.4 Å². The Labute approximate surface area is 484 Å². The molecule has 29 nitrogen and oxygen atoms in total. The summed E-state index contributed by atoms with van der Waals surface area (Å²) in [5.41, 5.74) is 4.74. The first-order valence-electron chi connectivity index (χ1n) is 27.7. The Morgan fingerprint density at radius 3 is 1.83 bits per heavy atom. The van der Waals surface area contributed by atoms with Crippen molar-refractivity contribution in [1.29, 1.82) is 0 Å². The van der Waals surface area contributed by atoms with Crippen molar-refractivity contribution >= 4 is 71.1 Å². The largest absolute Gasteiger partial charge is 0.480 e. The van der Waals surface area contributed by atoms with E-state index in [-0.39, 0.29) is 63.8 Å². The molecule has 1 aromatic rings. The van der Waals surface area contributed by atoms with Gasteiger partial charge in [-0.15, -0.1) is 0 Å². The van der Waals surface area contributed by atoms with Gasteiger partial charge in [0.25, 0.3) is 5.69 Å². The first kappa shape index (κ1) is 69.6. The molecule has 29 heteroatoms. The van der Waals surface area contributed by atoms with Gasteiger partial charge in [0.15, 0.2) is 0 Å². The van der Waals surface area contributed by atoms with Crippen LogP contribution >= 0.6 is 0 Å². The maximum Gasteiger partial charge on any atom is 0.408 e. The van der Waals surface area contributed by atoms with E-state index in [1.165, 1.54) is 60.1 Å². The number of carbonyl (C=O) groups is 11. The molecule has 0 saturated carbocycles. The summed E-state index contributed by atoms with van der Waals surface area (Å²) in [5, 5.41) is 31.2. The Balaban J connectivity index is 1.74. The van der Waals surface area contributed by atoms with Gasteiger partial charge in [-0.3, -0.25) is 48.5 Å². The molecule has 7 N–H and O–H groups in total. The molecule has 2 aliphatic heterocycles. The molecule has 83 heavy (non-hydrogen) atoms. The minimum absolute atomic E-state index is 0.0643. The molecule has 0 aromatic heterocycles. The van der Waals surface area contributed by atoms with Gasteiger partial charge in [-0.2, -0.15) is 0 Å². The number of piperidine rings is 2. The van der Waals surface area contributed by atoms with Gasteiger partial charge < -0.3 is 75.7 Å². The third-order valence-corrected chi connectivity index (χ3v) is 14.4. The molecule has 0 radical (unpaired) electrons. The number of aliphatic carboxylic acids is 1. The molecule has 0 unspecified atom stereocenters. The lowest BCUT2D eigenvalue weighted by atomic mass is 9.98. The van der Waals surface area contributed by atoms with Gasteiger partial charge >= 0.3 is 18.2 Å². The van der Waals surface area contributed by atoms with Gasteiger partial charge in [0, 0.05) is 60.0 Å². The highest BCUT2D eigenvalue weighted by Crippen LogP contribution is 2.22. The van der Waals surface area contributed by atoms with Crippen molar-refractivity contribution < 1.29 is 77.0 Å². The molecular formula is C54H86N12O17. The van der Waals surface area contributed by atoms with Gasteiger partial charge in [-0.05, 0) is 88.8 Å². The zero-order chi connectivity index (χ0) is 62.5. The van der Waals surface area contributed by atoms with Crippen molar-refractivity contribution in [1.82, 2.24) is 50.7 Å². The Hall–Kier alpha value is -7.69. The van der Waals surface area contributed by atoms with Crippen molar-refractivity contribution in [2.75, 3.05) is 87.2 Å². The summed E-state index contributed by atoms with van der Waals surface area (Å²) in [4.78, 5) is 165. The number of nitrogens with zero attached hydrogens (tertiary/aromatic N) is 7. The number of alkyl carbamates (subject to hydrolysis) is 2. The first-order valence-corrected chi connectivity index (χ1v) is 27.7. The van der Waals surface area contributed by atoms with Crippen LogP contribution in [0.25, 0.3) is 0 Å². The van der Waals surface area contributed by atoms with Crippen molar-refractivity contribution in [3.05, 3.63) is 39.9 Å². The van der Waals surface area contributed by atoms with Crippen LogP contribution in [0.3, 0.4) is 0 Å². The second-order valence-corrected chi connectivity index (χ2v) is 22.2. The zero-order valence-electron chi connectivity index (χ0n) is 49.6. The average molecular weight is 1180 g/mol. The number of ether oxygens (including phenoxy) is 3. The van der Waals surface area contributed by atoms with Crippen LogP contribution in [0, 0.1) is 22.0 Å². The predicted octanol–water partition coefficient (Wildman–Crippen LogP) is 0.410. The van der Waals surface area contributed by atoms with Crippen LogP contribution in [0.4, 0.5) is 15.3 Å². The van der Waals surface area contributed by atoms with Gasteiger partial charge in [0.1, 0.15) is 42.4 Å². The molecule has 2 heterocycles. The van der Waals surface area contributed by atoms with E-state index in [1.54, 1.807) is 41.7 Å². The van der Waals surface area contributed by atoms with E-state index in [1.807, 2.05) is 13.8 Å². The Kier molecular flexibility index (Phi) is 27.5. The lowest BCUT2D eigenvalue weighted by Gasteiger charge is -2.37. The summed E-state index contributed by atoms with van der Waals surface area (Å²) in [5.74, 6) is -7.06. The van der Waals surface area contributed by atoms with Crippen molar-refractivity contribution in [3.8, 4) is 0 Å². The van der Waals surface area contributed by atoms with Crippen LogP contribution in [-0.4, -0.2) is 234 Å². The van der Waals surface area contributed by atoms with E-state index in [4.69, 9.17) is 19.9 Å². The fourth-order valence-electron chi connectivity index (χ4n) is 9.38. The van der Waals surface area contributed by atoms with Crippen LogP contribution in [0.1, 0.15) is 99.0 Å². The fourth-order valence-corrected chi connectivity index (χ4v) is 9.38. The second-order valence-electron chi connectivity index (χ2n) is 22.2. The monoisotopic (exact) mass is 1170 g/mol. The topological polar surface area (TPSA) is 372 Å². The first-order chi connectivity index (χ1) is 38.9. The molecule has 7 atom stereocenters. The third-order valence-electron chi connectivity index (χ3n) is 14.4. The lowest BCUT2D eigenvalue weighted by molar-refractivity contribution is -0.384. The van der Waals surface area contributed by atoms with Crippen LogP contribution in [-0.2, 0) is 64.0 Å². The van der Waals surface area contributed by atoms with Crippen LogP contribution in [0.5, 0.6) is 0 Å². The van der Waals surface area contributed by atoms with E-state index in [9.17, 15) is 68.0 Å². The number of non-ortho nitro benzene ring substituents is 1. The maximum atomic E-state index is 14.5. The SMILES string of the molecule is CC[C@H](C)[C@H](COC[C@@H](NC(=O)OCc1ccc([N+](=O)[O-])cc1)C(=O)N1CCCC[C@H]1C(=O)NCC(=O)N(C)CC(=O)N(C)[C@H](C(=O)NC[C@@H](NC(=O)OC(C)(C)C)C(=O)N1CCCC[C@H]1C(=O)O)C(C)C)N(C)C(=O)CN(C)C(=O)CN. The molecule has 0 spiro atoms. The van der Waals surface area contributed by atoms with Crippen molar-refractivity contribution in [2.45, 2.75) is 142 Å². The highest BCUT2D eigenvalue weighted by molar-refractivity contribution is 5.95. The van der Waals surface area contributed by atoms with Crippen LogP contribution < -0.4 is 27.0 Å². The lowest BCUT2D eigenvalue weighted by Crippen LogP contribution is -2.60. The van der Waals surface area contributed by atoms with E-state index in [0.717, 1.165) is 14.7 Å². The number of carboxylic acids is 1. The fraction of sp³-hybridized carbons (Fsp3) is 0.685. The van der Waals surface area contributed by atoms with Gasteiger partial charge in [0.2, 0.25) is 47.3 Å². The molecule has 2 saturated heterocycles. The normalized spacial score (nSPS) is 17.0. The van der Waals surface area contributed by atoms with Crippen LogP contribution in [0.2, 0.25) is 0 Å². The number of hydrogen-bond acceptors (Lipinski definition) is 17. The number of likely N-dealkylation sites (N-methyl/N-ethyl adjacent to an activating group) is 4. The molecule has 0 bridgehead atoms. The molecule has 10 amide bonds. The minimum Gasteiger partial charge on any atom is -0.480 e. The zero-order valence-corrected chi connectivity index (χ0v) is 49.6. The predicted molar refractivity (Wildman–Crippen MR) is 298 cm³/mol. The van der Waals surface area contributed by atoms with Gasteiger partial charge in [-0.1, -0.05) is 34.1 Å². The number of nitrogens with two attached hydrogens (primary N) is 1. The summed E-state index contributed by atoms with van der Waals surface area (Å²) in [7, 11) is 5.65. The smallest absolute Gasteiger partial charge is 0.408 e. The summed E-state index contributed by atoms with van der Waals surface area (Å²) < 4.78 is 16.8. The number of rotatable bonds is 28. The van der Waals surface area contributed by atoms with Crippen molar-refractivity contribution in [2.24, 2.45) is 17.6 Å². The summed E-state index contributed by atoms with van der Waals surface area (Å²) in [6, 6.07) is -1.66. The van der Waals surface area contributed by atoms with E-state index in [0.29, 0.717) is 37.7 Å². The number of nitrogens with one attached hydrogen (secondary N) is 4. The summed E-state index contributed by atoms with van der Waals surface area (Å²) in [6.07, 6.45) is 1.00.